The normalized spacial score (nSPS) is 17.6. The Bertz CT molecular complexity index is 879. The Hall–Kier alpha value is -3.02. The van der Waals surface area contributed by atoms with Crippen molar-refractivity contribution in [3.05, 3.63) is 58.2 Å². The molecule has 1 aromatic rings. The molecule has 0 spiro atoms. The minimum absolute atomic E-state index is 0.165. The molecule has 0 fully saturated rings. The first-order valence-corrected chi connectivity index (χ1v) is 7.94. The molecular formula is C19H18N2O4. The molecule has 0 radical (unpaired) electrons. The lowest BCUT2D eigenvalue weighted by molar-refractivity contribution is -0.139. The molecule has 4 amide bonds. The van der Waals surface area contributed by atoms with Crippen LogP contribution in [0, 0.1) is 6.92 Å². The van der Waals surface area contributed by atoms with Gasteiger partial charge in [0.2, 0.25) is 0 Å². The first-order valence-electron chi connectivity index (χ1n) is 7.94. The predicted molar refractivity (Wildman–Crippen MR) is 89.8 cm³/mol. The van der Waals surface area contributed by atoms with E-state index in [1.54, 1.807) is 13.8 Å². The fourth-order valence-corrected chi connectivity index (χ4v) is 2.92. The average molecular weight is 338 g/mol. The number of nitrogens with zero attached hydrogens (tertiary/aromatic N) is 2. The maximum atomic E-state index is 12.0. The quantitative estimate of drug-likeness (QED) is 0.782. The van der Waals surface area contributed by atoms with E-state index in [-0.39, 0.29) is 36.7 Å². The SMILES string of the molecule is CC1=CC(=O)N(Cc2ccc(C)c(CN3C(=O)C=C(C)C3=O)c2)C1=O. The number of hydrogen-bond donors (Lipinski definition) is 0. The second-order valence-corrected chi connectivity index (χ2v) is 6.37. The highest BCUT2D eigenvalue weighted by atomic mass is 16.2. The summed E-state index contributed by atoms with van der Waals surface area (Å²) in [6.45, 7) is 5.45. The minimum atomic E-state index is -0.325. The largest absolute Gasteiger partial charge is 0.271 e. The van der Waals surface area contributed by atoms with Gasteiger partial charge >= 0.3 is 0 Å². The number of aryl methyl sites for hydroxylation is 1. The summed E-state index contributed by atoms with van der Waals surface area (Å²) in [6.07, 6.45) is 2.66. The van der Waals surface area contributed by atoms with Gasteiger partial charge in [-0.05, 0) is 37.5 Å². The molecule has 3 rings (SSSR count). The van der Waals surface area contributed by atoms with E-state index in [0.29, 0.717) is 11.1 Å². The van der Waals surface area contributed by atoms with E-state index in [1.165, 1.54) is 22.0 Å². The third kappa shape index (κ3) is 3.03. The van der Waals surface area contributed by atoms with Crippen LogP contribution in [0.4, 0.5) is 0 Å². The van der Waals surface area contributed by atoms with Crippen LogP contribution in [0.25, 0.3) is 0 Å². The molecule has 0 N–H and O–H groups in total. The Morgan fingerprint density at radius 1 is 0.760 bits per heavy atom. The summed E-state index contributed by atoms with van der Waals surface area (Å²) in [5.41, 5.74) is 3.36. The van der Waals surface area contributed by atoms with Gasteiger partial charge in [-0.15, -0.1) is 0 Å². The van der Waals surface area contributed by atoms with Gasteiger partial charge in [-0.2, -0.15) is 0 Å². The van der Waals surface area contributed by atoms with Gasteiger partial charge in [-0.3, -0.25) is 29.0 Å². The zero-order valence-corrected chi connectivity index (χ0v) is 14.3. The molecule has 0 saturated carbocycles. The second-order valence-electron chi connectivity index (χ2n) is 6.37. The van der Waals surface area contributed by atoms with Crippen molar-refractivity contribution in [2.75, 3.05) is 0 Å². The standard InChI is InChI=1S/C19H18N2O4/c1-11-4-5-14(9-20-16(22)6-12(2)18(20)24)8-15(11)10-21-17(23)7-13(3)19(21)25/h4-8H,9-10H2,1-3H3. The second kappa shape index (κ2) is 6.12. The van der Waals surface area contributed by atoms with Crippen molar-refractivity contribution in [2.24, 2.45) is 0 Å². The van der Waals surface area contributed by atoms with E-state index < -0.39 is 0 Å². The highest BCUT2D eigenvalue weighted by molar-refractivity contribution is 6.16. The first kappa shape index (κ1) is 16.8. The number of benzene rings is 1. The van der Waals surface area contributed by atoms with Gasteiger partial charge in [-0.1, -0.05) is 18.2 Å². The van der Waals surface area contributed by atoms with Crippen molar-refractivity contribution in [1.29, 1.82) is 0 Å². The van der Waals surface area contributed by atoms with Crippen molar-refractivity contribution in [2.45, 2.75) is 33.9 Å². The van der Waals surface area contributed by atoms with E-state index in [1.807, 2.05) is 25.1 Å². The van der Waals surface area contributed by atoms with Gasteiger partial charge < -0.3 is 0 Å². The van der Waals surface area contributed by atoms with Crippen LogP contribution >= 0.6 is 0 Å². The summed E-state index contributed by atoms with van der Waals surface area (Å²) in [7, 11) is 0. The average Bonchev–Trinajstić information content (AvgIpc) is 2.94. The van der Waals surface area contributed by atoms with E-state index in [4.69, 9.17) is 0 Å². The van der Waals surface area contributed by atoms with Crippen LogP contribution in [0.1, 0.15) is 30.5 Å². The van der Waals surface area contributed by atoms with Crippen LogP contribution in [0.3, 0.4) is 0 Å². The van der Waals surface area contributed by atoms with Gasteiger partial charge in [0.15, 0.2) is 0 Å². The van der Waals surface area contributed by atoms with Crippen molar-refractivity contribution >= 4 is 23.6 Å². The van der Waals surface area contributed by atoms with Gasteiger partial charge in [-0.25, -0.2) is 0 Å². The molecule has 0 unspecified atom stereocenters. The number of amides is 4. The molecule has 0 bridgehead atoms. The molecular weight excluding hydrogens is 320 g/mol. The summed E-state index contributed by atoms with van der Waals surface area (Å²) in [5.74, 6) is -1.23. The third-order valence-electron chi connectivity index (χ3n) is 4.46. The topological polar surface area (TPSA) is 74.8 Å². The maximum absolute atomic E-state index is 12.0. The van der Waals surface area contributed by atoms with Crippen LogP contribution in [-0.2, 0) is 32.3 Å². The third-order valence-corrected chi connectivity index (χ3v) is 4.46. The molecule has 6 nitrogen and oxygen atoms in total. The summed E-state index contributed by atoms with van der Waals surface area (Å²) >= 11 is 0. The molecule has 0 aromatic heterocycles. The Kier molecular flexibility index (Phi) is 4.12. The number of hydrogen-bond acceptors (Lipinski definition) is 4. The molecule has 25 heavy (non-hydrogen) atoms. The molecule has 2 heterocycles. The summed E-state index contributed by atoms with van der Waals surface area (Å²) in [6, 6.07) is 5.53. The fourth-order valence-electron chi connectivity index (χ4n) is 2.92. The number of imide groups is 2. The van der Waals surface area contributed by atoms with E-state index in [9.17, 15) is 19.2 Å². The lowest BCUT2D eigenvalue weighted by atomic mass is 10.0. The molecule has 128 valence electrons. The van der Waals surface area contributed by atoms with Crippen LogP contribution in [-0.4, -0.2) is 33.4 Å². The number of carbonyl (C=O) groups is 4. The zero-order valence-electron chi connectivity index (χ0n) is 14.3. The lowest BCUT2D eigenvalue weighted by Crippen LogP contribution is -2.31. The Morgan fingerprint density at radius 2 is 1.28 bits per heavy atom. The van der Waals surface area contributed by atoms with E-state index in [0.717, 1.165) is 16.7 Å². The van der Waals surface area contributed by atoms with Crippen molar-refractivity contribution in [1.82, 2.24) is 9.80 Å². The monoisotopic (exact) mass is 338 g/mol. The van der Waals surface area contributed by atoms with Gasteiger partial charge in [0.05, 0.1) is 13.1 Å². The summed E-state index contributed by atoms with van der Waals surface area (Å²) in [5, 5.41) is 0. The number of carbonyl (C=O) groups excluding carboxylic acids is 4. The predicted octanol–water partition coefficient (Wildman–Crippen LogP) is 1.63. The number of rotatable bonds is 4. The lowest BCUT2D eigenvalue weighted by Gasteiger charge is -2.19. The van der Waals surface area contributed by atoms with Crippen LogP contribution in [0.2, 0.25) is 0 Å². The highest BCUT2D eigenvalue weighted by Crippen LogP contribution is 2.21. The summed E-state index contributed by atoms with van der Waals surface area (Å²) in [4.78, 5) is 50.2. The molecule has 0 atom stereocenters. The smallest absolute Gasteiger partial charge is 0.256 e. The fraction of sp³-hybridized carbons (Fsp3) is 0.263. The molecule has 1 aromatic carbocycles. The van der Waals surface area contributed by atoms with Crippen molar-refractivity contribution in [3.8, 4) is 0 Å². The van der Waals surface area contributed by atoms with Gasteiger partial charge in [0.1, 0.15) is 0 Å². The van der Waals surface area contributed by atoms with Gasteiger partial charge in [0, 0.05) is 23.3 Å². The van der Waals surface area contributed by atoms with Gasteiger partial charge in [0.25, 0.3) is 23.6 Å². The Morgan fingerprint density at radius 3 is 1.76 bits per heavy atom. The first-order chi connectivity index (χ1) is 11.8. The molecule has 0 saturated heterocycles. The minimum Gasteiger partial charge on any atom is -0.271 e. The van der Waals surface area contributed by atoms with E-state index >= 15 is 0 Å². The zero-order chi connectivity index (χ0) is 18.3. The van der Waals surface area contributed by atoms with E-state index in [2.05, 4.69) is 0 Å². The maximum Gasteiger partial charge on any atom is 0.256 e. The molecule has 2 aliphatic rings. The van der Waals surface area contributed by atoms with Crippen LogP contribution < -0.4 is 0 Å². The molecule has 0 aliphatic carbocycles. The molecule has 6 heteroatoms. The van der Waals surface area contributed by atoms with Crippen molar-refractivity contribution < 1.29 is 19.2 Å². The highest BCUT2D eigenvalue weighted by Gasteiger charge is 2.30. The van der Waals surface area contributed by atoms with Crippen molar-refractivity contribution in [3.63, 3.8) is 0 Å². The van der Waals surface area contributed by atoms with Crippen LogP contribution in [0.5, 0.6) is 0 Å². The Balaban J connectivity index is 1.80. The molecule has 2 aliphatic heterocycles. The van der Waals surface area contributed by atoms with Crippen LogP contribution in [0.15, 0.2) is 41.5 Å². The Labute approximate surface area is 145 Å². The summed E-state index contributed by atoms with van der Waals surface area (Å²) < 4.78 is 0.